The predicted octanol–water partition coefficient (Wildman–Crippen LogP) is 2.41. The van der Waals surface area contributed by atoms with Gasteiger partial charge in [-0.25, -0.2) is 9.97 Å². The molecule has 2 saturated heterocycles. The zero-order chi connectivity index (χ0) is 18.5. The second-order valence-electron chi connectivity index (χ2n) is 7.64. The average molecular weight is 378 g/mol. The highest BCUT2D eigenvalue weighted by Gasteiger charge is 2.27. The molecule has 2 aliphatic rings. The molecule has 0 bridgehead atoms. The number of carbonyl (C=O) groups excluding carboxylic acids is 1. The van der Waals surface area contributed by atoms with Crippen LogP contribution in [0.3, 0.4) is 0 Å². The summed E-state index contributed by atoms with van der Waals surface area (Å²) in [5.41, 5.74) is 0. The van der Waals surface area contributed by atoms with E-state index < -0.39 is 0 Å². The molecular weight excluding hydrogens is 346 g/mol. The third-order valence-electron chi connectivity index (χ3n) is 5.53. The zero-order valence-corrected chi connectivity index (χ0v) is 17.0. The van der Waals surface area contributed by atoms with Crippen LogP contribution in [-0.4, -0.2) is 59.6 Å². The topological polar surface area (TPSA) is 61.4 Å². The number of hydrogen-bond donors (Lipinski definition) is 1. The Kier molecular flexibility index (Phi) is 6.62. The monoisotopic (exact) mass is 377 g/mol. The molecule has 1 N–H and O–H groups in total. The van der Waals surface area contributed by atoms with Crippen LogP contribution < -0.4 is 15.1 Å². The Balaban J connectivity index is 1.55. The number of anilines is 2. The van der Waals surface area contributed by atoms with Gasteiger partial charge >= 0.3 is 0 Å². The van der Waals surface area contributed by atoms with E-state index in [4.69, 9.17) is 0 Å². The summed E-state index contributed by atoms with van der Waals surface area (Å²) in [6.07, 6.45) is 3.45. The van der Waals surface area contributed by atoms with E-state index in [0.29, 0.717) is 5.92 Å². The van der Waals surface area contributed by atoms with Crippen molar-refractivity contribution in [1.29, 1.82) is 0 Å². The number of aromatic nitrogens is 2. The van der Waals surface area contributed by atoms with Crippen molar-refractivity contribution in [3.8, 4) is 0 Å². The molecule has 0 spiro atoms. The first-order valence-corrected chi connectivity index (χ1v) is 10.9. The molecule has 1 aromatic rings. The minimum Gasteiger partial charge on any atom is -0.356 e. The van der Waals surface area contributed by atoms with Gasteiger partial charge in [0.05, 0.1) is 0 Å². The number of rotatable bonds is 5. The van der Waals surface area contributed by atoms with E-state index in [2.05, 4.69) is 51.9 Å². The number of thioether (sulfide) groups is 1. The first kappa shape index (κ1) is 19.3. The number of nitrogens with zero attached hydrogens (tertiary/aromatic N) is 4. The van der Waals surface area contributed by atoms with Gasteiger partial charge in [0.1, 0.15) is 18.0 Å². The third-order valence-corrected chi connectivity index (χ3v) is 6.48. The second kappa shape index (κ2) is 8.93. The van der Waals surface area contributed by atoms with Crippen LogP contribution in [0.25, 0.3) is 0 Å². The minimum absolute atomic E-state index is 0.118. The Morgan fingerprint density at radius 2 is 1.65 bits per heavy atom. The Bertz CT molecular complexity index is 597. The molecule has 2 aliphatic heterocycles. The van der Waals surface area contributed by atoms with Gasteiger partial charge in [0.25, 0.3) is 0 Å². The second-order valence-corrected chi connectivity index (χ2v) is 8.86. The van der Waals surface area contributed by atoms with E-state index in [9.17, 15) is 4.79 Å². The molecule has 1 aromatic heterocycles. The Hall–Kier alpha value is -1.50. The summed E-state index contributed by atoms with van der Waals surface area (Å²) < 4.78 is 0. The van der Waals surface area contributed by atoms with Gasteiger partial charge in [0, 0.05) is 55.7 Å². The lowest BCUT2D eigenvalue weighted by molar-refractivity contribution is -0.126. The summed E-state index contributed by atoms with van der Waals surface area (Å²) in [6.45, 7) is 10.2. The van der Waals surface area contributed by atoms with Crippen LogP contribution in [0.4, 0.5) is 11.6 Å². The van der Waals surface area contributed by atoms with Crippen LogP contribution in [0.2, 0.25) is 0 Å². The van der Waals surface area contributed by atoms with Gasteiger partial charge in [-0.3, -0.25) is 4.79 Å². The molecule has 0 saturated carbocycles. The molecule has 7 heteroatoms. The summed E-state index contributed by atoms with van der Waals surface area (Å²) in [5, 5.41) is 3.16. The number of hydrogen-bond acceptors (Lipinski definition) is 6. The molecule has 3 heterocycles. The molecule has 26 heavy (non-hydrogen) atoms. The largest absolute Gasteiger partial charge is 0.356 e. The SMILES string of the molecule is CC(C)C(C)NC(=O)C1CCN(c2cc(N3CCSCC3)ncn2)CC1. The van der Waals surface area contributed by atoms with E-state index in [0.717, 1.165) is 62.2 Å². The molecule has 1 atom stereocenters. The third kappa shape index (κ3) is 4.81. The smallest absolute Gasteiger partial charge is 0.223 e. The van der Waals surface area contributed by atoms with Crippen molar-refractivity contribution in [1.82, 2.24) is 15.3 Å². The molecular formula is C19H31N5OS. The van der Waals surface area contributed by atoms with Gasteiger partial charge in [-0.1, -0.05) is 13.8 Å². The first-order chi connectivity index (χ1) is 12.5. The van der Waals surface area contributed by atoms with Crippen LogP contribution in [-0.2, 0) is 4.79 Å². The van der Waals surface area contributed by atoms with Crippen LogP contribution >= 0.6 is 11.8 Å². The Labute approximate surface area is 161 Å². The van der Waals surface area contributed by atoms with E-state index >= 15 is 0 Å². The van der Waals surface area contributed by atoms with E-state index in [-0.39, 0.29) is 17.9 Å². The maximum Gasteiger partial charge on any atom is 0.223 e. The van der Waals surface area contributed by atoms with Gasteiger partial charge < -0.3 is 15.1 Å². The number of amides is 1. The number of carbonyl (C=O) groups is 1. The van der Waals surface area contributed by atoms with Crippen molar-refractivity contribution in [3.63, 3.8) is 0 Å². The van der Waals surface area contributed by atoms with Crippen molar-refractivity contribution in [3.05, 3.63) is 12.4 Å². The van der Waals surface area contributed by atoms with E-state index in [1.165, 1.54) is 0 Å². The lowest BCUT2D eigenvalue weighted by atomic mass is 9.95. The molecule has 0 aromatic carbocycles. The molecule has 1 amide bonds. The van der Waals surface area contributed by atoms with Crippen molar-refractivity contribution in [2.45, 2.75) is 39.7 Å². The summed E-state index contributed by atoms with van der Waals surface area (Å²) in [7, 11) is 0. The summed E-state index contributed by atoms with van der Waals surface area (Å²) in [6, 6.07) is 2.34. The highest BCUT2D eigenvalue weighted by atomic mass is 32.2. The van der Waals surface area contributed by atoms with E-state index in [1.807, 2.05) is 11.8 Å². The van der Waals surface area contributed by atoms with Crippen molar-refractivity contribution in [2.24, 2.45) is 11.8 Å². The lowest BCUT2D eigenvalue weighted by Crippen LogP contribution is -2.44. The standard InChI is InChI=1S/C19H31N5OS/c1-14(2)15(3)22-19(25)16-4-6-23(7-5-16)17-12-18(21-13-20-17)24-8-10-26-11-9-24/h12-16H,4-11H2,1-3H3,(H,22,25). The first-order valence-electron chi connectivity index (χ1n) is 9.74. The molecule has 2 fully saturated rings. The molecule has 1 unspecified atom stereocenters. The van der Waals surface area contributed by atoms with Gasteiger partial charge in [0.15, 0.2) is 0 Å². The molecule has 6 nitrogen and oxygen atoms in total. The summed E-state index contributed by atoms with van der Waals surface area (Å²) in [4.78, 5) is 26.0. The highest BCUT2D eigenvalue weighted by Crippen LogP contribution is 2.25. The summed E-state index contributed by atoms with van der Waals surface area (Å²) in [5.74, 6) is 5.13. The van der Waals surface area contributed by atoms with Crippen LogP contribution in [0.15, 0.2) is 12.4 Å². The predicted molar refractivity (Wildman–Crippen MR) is 109 cm³/mol. The Morgan fingerprint density at radius 3 is 2.23 bits per heavy atom. The summed E-state index contributed by atoms with van der Waals surface area (Å²) >= 11 is 2.00. The fourth-order valence-electron chi connectivity index (χ4n) is 3.36. The fraction of sp³-hybridized carbons (Fsp3) is 0.737. The Morgan fingerprint density at radius 1 is 1.08 bits per heavy atom. The maximum absolute atomic E-state index is 12.5. The van der Waals surface area contributed by atoms with Crippen molar-refractivity contribution < 1.29 is 4.79 Å². The van der Waals surface area contributed by atoms with E-state index in [1.54, 1.807) is 6.33 Å². The van der Waals surface area contributed by atoms with Crippen molar-refractivity contribution in [2.75, 3.05) is 47.5 Å². The van der Waals surface area contributed by atoms with Gasteiger partial charge in [-0.2, -0.15) is 11.8 Å². The van der Waals surface area contributed by atoms with Crippen LogP contribution in [0.1, 0.15) is 33.6 Å². The van der Waals surface area contributed by atoms with Gasteiger partial charge in [-0.05, 0) is 25.7 Å². The number of nitrogens with one attached hydrogen (secondary N) is 1. The molecule has 0 aliphatic carbocycles. The highest BCUT2D eigenvalue weighted by molar-refractivity contribution is 7.99. The lowest BCUT2D eigenvalue weighted by Gasteiger charge is -2.34. The van der Waals surface area contributed by atoms with Crippen LogP contribution in [0, 0.1) is 11.8 Å². The quantitative estimate of drug-likeness (QED) is 0.850. The fourth-order valence-corrected chi connectivity index (χ4v) is 4.26. The number of piperidine rings is 1. The maximum atomic E-state index is 12.5. The molecule has 0 radical (unpaired) electrons. The van der Waals surface area contributed by atoms with Gasteiger partial charge in [-0.15, -0.1) is 0 Å². The van der Waals surface area contributed by atoms with Gasteiger partial charge in [0.2, 0.25) is 5.91 Å². The van der Waals surface area contributed by atoms with Crippen LogP contribution in [0.5, 0.6) is 0 Å². The average Bonchev–Trinajstić information content (AvgIpc) is 2.68. The molecule has 3 rings (SSSR count). The van der Waals surface area contributed by atoms with Crippen molar-refractivity contribution >= 4 is 29.3 Å². The normalized spacial score (nSPS) is 20.3. The molecule has 144 valence electrons. The zero-order valence-electron chi connectivity index (χ0n) is 16.1. The minimum atomic E-state index is 0.118.